The average molecular weight is 416 g/mol. The van der Waals surface area contributed by atoms with Gasteiger partial charge in [-0.25, -0.2) is 4.98 Å². The summed E-state index contributed by atoms with van der Waals surface area (Å²) in [5.74, 6) is -0.359. The number of aromatic nitrogens is 2. The first-order chi connectivity index (χ1) is 15.1. The second-order valence-electron chi connectivity index (χ2n) is 6.80. The Kier molecular flexibility index (Phi) is 5.84. The van der Waals surface area contributed by atoms with Crippen LogP contribution < -0.4 is 20.8 Å². The lowest BCUT2D eigenvalue weighted by Gasteiger charge is -2.20. The molecular formula is C22H20N6O3. The number of primary amides is 1. The van der Waals surface area contributed by atoms with Crippen molar-refractivity contribution in [2.75, 3.05) is 10.3 Å². The van der Waals surface area contributed by atoms with Crippen molar-refractivity contribution >= 4 is 29.0 Å². The predicted molar refractivity (Wildman–Crippen MR) is 115 cm³/mol. The van der Waals surface area contributed by atoms with Crippen LogP contribution in [-0.4, -0.2) is 33.5 Å². The molecule has 2 amide bonds. The van der Waals surface area contributed by atoms with Gasteiger partial charge in [-0.2, -0.15) is 5.10 Å². The summed E-state index contributed by atoms with van der Waals surface area (Å²) in [7, 11) is 0. The minimum absolute atomic E-state index is 0.0934. The molecule has 0 saturated carbocycles. The van der Waals surface area contributed by atoms with E-state index in [1.807, 2.05) is 30.3 Å². The van der Waals surface area contributed by atoms with Gasteiger partial charge in [0.05, 0.1) is 5.69 Å². The van der Waals surface area contributed by atoms with E-state index in [9.17, 15) is 9.59 Å². The quantitative estimate of drug-likeness (QED) is 0.608. The number of anilines is 2. The Labute approximate surface area is 178 Å². The van der Waals surface area contributed by atoms with Gasteiger partial charge >= 0.3 is 0 Å². The van der Waals surface area contributed by atoms with Gasteiger partial charge in [0.15, 0.2) is 11.6 Å². The van der Waals surface area contributed by atoms with Crippen LogP contribution in [0, 0.1) is 0 Å². The van der Waals surface area contributed by atoms with Gasteiger partial charge in [0, 0.05) is 25.0 Å². The number of ether oxygens (including phenoxy) is 1. The van der Waals surface area contributed by atoms with E-state index >= 15 is 0 Å². The Morgan fingerprint density at radius 1 is 1.06 bits per heavy atom. The highest BCUT2D eigenvalue weighted by Gasteiger charge is 2.35. The van der Waals surface area contributed by atoms with Crippen molar-refractivity contribution in [2.45, 2.75) is 19.1 Å². The van der Waals surface area contributed by atoms with Crippen LogP contribution in [0.4, 0.5) is 11.5 Å². The number of pyridine rings is 2. The van der Waals surface area contributed by atoms with Gasteiger partial charge in [0.2, 0.25) is 5.91 Å². The van der Waals surface area contributed by atoms with E-state index in [2.05, 4.69) is 20.4 Å². The molecule has 2 aromatic heterocycles. The maximum absolute atomic E-state index is 12.9. The molecule has 3 heterocycles. The van der Waals surface area contributed by atoms with Crippen LogP contribution in [0.25, 0.3) is 0 Å². The minimum Gasteiger partial charge on any atom is -0.485 e. The van der Waals surface area contributed by atoms with Crippen molar-refractivity contribution in [2.24, 2.45) is 10.8 Å². The maximum Gasteiger partial charge on any atom is 0.273 e. The largest absolute Gasteiger partial charge is 0.485 e. The van der Waals surface area contributed by atoms with Crippen molar-refractivity contribution in [3.63, 3.8) is 0 Å². The number of rotatable bonds is 7. The topological polar surface area (TPSA) is 123 Å². The molecule has 9 nitrogen and oxygen atoms in total. The number of hydrogen-bond acceptors (Lipinski definition) is 7. The SMILES string of the molecule is NC(=O)C1CC(C(=O)Nc2ncccc2OCc2ccncc2)=NN1c1ccccc1. The molecule has 3 N–H and O–H groups in total. The van der Waals surface area contributed by atoms with Crippen LogP contribution in [0.3, 0.4) is 0 Å². The molecule has 0 fully saturated rings. The summed E-state index contributed by atoms with van der Waals surface area (Å²) < 4.78 is 5.81. The molecule has 1 aliphatic heterocycles. The summed E-state index contributed by atoms with van der Waals surface area (Å²) in [6.45, 7) is 0.295. The number of hydrogen-bond donors (Lipinski definition) is 2. The lowest BCUT2D eigenvalue weighted by Crippen LogP contribution is -2.39. The van der Waals surface area contributed by atoms with E-state index in [1.54, 1.807) is 42.9 Å². The number of benzene rings is 1. The Balaban J connectivity index is 1.50. The molecular weight excluding hydrogens is 396 g/mol. The van der Waals surface area contributed by atoms with Crippen LogP contribution in [0.1, 0.15) is 12.0 Å². The van der Waals surface area contributed by atoms with Gasteiger partial charge in [0.1, 0.15) is 18.4 Å². The zero-order valence-electron chi connectivity index (χ0n) is 16.5. The van der Waals surface area contributed by atoms with Crippen molar-refractivity contribution in [3.05, 3.63) is 78.8 Å². The molecule has 0 bridgehead atoms. The van der Waals surface area contributed by atoms with E-state index in [0.717, 1.165) is 5.56 Å². The van der Waals surface area contributed by atoms with Crippen molar-refractivity contribution in [1.82, 2.24) is 9.97 Å². The first-order valence-corrected chi connectivity index (χ1v) is 9.61. The summed E-state index contributed by atoms with van der Waals surface area (Å²) in [6.07, 6.45) is 5.00. The fourth-order valence-corrected chi connectivity index (χ4v) is 3.11. The summed E-state index contributed by atoms with van der Waals surface area (Å²) in [4.78, 5) is 33.0. The van der Waals surface area contributed by atoms with Crippen LogP contribution >= 0.6 is 0 Å². The monoisotopic (exact) mass is 416 g/mol. The number of nitrogens with two attached hydrogens (primary N) is 1. The molecule has 3 aromatic rings. The number of para-hydroxylation sites is 1. The zero-order chi connectivity index (χ0) is 21.6. The van der Waals surface area contributed by atoms with Gasteiger partial charge in [-0.15, -0.1) is 0 Å². The number of carbonyl (C=O) groups excluding carboxylic acids is 2. The molecule has 1 aliphatic rings. The van der Waals surface area contributed by atoms with E-state index in [4.69, 9.17) is 10.5 Å². The molecule has 1 atom stereocenters. The number of carbonyl (C=O) groups is 2. The summed E-state index contributed by atoms with van der Waals surface area (Å²) in [6, 6.07) is 15.4. The van der Waals surface area contributed by atoms with Gasteiger partial charge in [-0.1, -0.05) is 18.2 Å². The highest BCUT2D eigenvalue weighted by molar-refractivity contribution is 6.44. The zero-order valence-corrected chi connectivity index (χ0v) is 16.5. The third-order valence-corrected chi connectivity index (χ3v) is 4.67. The fourth-order valence-electron chi connectivity index (χ4n) is 3.11. The third-order valence-electron chi connectivity index (χ3n) is 4.67. The fraction of sp³-hybridized carbons (Fsp3) is 0.136. The average Bonchev–Trinajstić information content (AvgIpc) is 3.26. The van der Waals surface area contributed by atoms with E-state index in [1.165, 1.54) is 5.01 Å². The lowest BCUT2D eigenvalue weighted by molar-refractivity contribution is -0.119. The van der Waals surface area contributed by atoms with E-state index in [0.29, 0.717) is 18.0 Å². The molecule has 0 saturated heterocycles. The highest BCUT2D eigenvalue weighted by atomic mass is 16.5. The number of amides is 2. The molecule has 4 rings (SSSR count). The van der Waals surface area contributed by atoms with Gasteiger partial charge in [-0.05, 0) is 42.0 Å². The summed E-state index contributed by atoms with van der Waals surface area (Å²) in [5.41, 5.74) is 7.32. The number of nitrogens with one attached hydrogen (secondary N) is 1. The van der Waals surface area contributed by atoms with E-state index < -0.39 is 17.9 Å². The first kappa shape index (κ1) is 20.0. The molecule has 1 unspecified atom stereocenters. The first-order valence-electron chi connectivity index (χ1n) is 9.61. The standard InChI is InChI=1S/C22H20N6O3/c23-20(29)18-13-17(27-28(18)16-5-2-1-3-6-16)22(30)26-21-19(7-4-10-25-21)31-14-15-8-11-24-12-9-15/h1-12,18H,13-14H2,(H2,23,29)(H,25,26,30). The molecule has 0 spiro atoms. The number of nitrogens with zero attached hydrogens (tertiary/aromatic N) is 4. The van der Waals surface area contributed by atoms with Crippen molar-refractivity contribution in [1.29, 1.82) is 0 Å². The van der Waals surface area contributed by atoms with Gasteiger partial charge in [-0.3, -0.25) is 19.6 Å². The normalized spacial score (nSPS) is 15.3. The predicted octanol–water partition coefficient (Wildman–Crippen LogP) is 2.11. The Morgan fingerprint density at radius 3 is 2.58 bits per heavy atom. The molecule has 9 heteroatoms. The molecule has 31 heavy (non-hydrogen) atoms. The maximum atomic E-state index is 12.9. The Bertz CT molecular complexity index is 1100. The molecule has 0 radical (unpaired) electrons. The van der Waals surface area contributed by atoms with Crippen molar-refractivity contribution < 1.29 is 14.3 Å². The van der Waals surface area contributed by atoms with Crippen LogP contribution in [0.5, 0.6) is 5.75 Å². The highest BCUT2D eigenvalue weighted by Crippen LogP contribution is 2.26. The Hall–Kier alpha value is -4.27. The molecule has 156 valence electrons. The van der Waals surface area contributed by atoms with Crippen LogP contribution in [0.2, 0.25) is 0 Å². The molecule has 1 aromatic carbocycles. The smallest absolute Gasteiger partial charge is 0.273 e. The minimum atomic E-state index is -0.741. The number of hydrazone groups is 1. The van der Waals surface area contributed by atoms with E-state index in [-0.39, 0.29) is 18.0 Å². The molecule has 0 aliphatic carbocycles. The van der Waals surface area contributed by atoms with Crippen LogP contribution in [-0.2, 0) is 16.2 Å². The third kappa shape index (κ3) is 4.67. The van der Waals surface area contributed by atoms with Gasteiger partial charge < -0.3 is 15.8 Å². The lowest BCUT2D eigenvalue weighted by atomic mass is 10.1. The summed E-state index contributed by atoms with van der Waals surface area (Å²) in [5, 5.41) is 8.53. The Morgan fingerprint density at radius 2 is 1.84 bits per heavy atom. The summed E-state index contributed by atoms with van der Waals surface area (Å²) >= 11 is 0. The van der Waals surface area contributed by atoms with Crippen LogP contribution in [0.15, 0.2) is 78.3 Å². The van der Waals surface area contributed by atoms with Crippen molar-refractivity contribution in [3.8, 4) is 5.75 Å². The van der Waals surface area contributed by atoms with Gasteiger partial charge in [0.25, 0.3) is 5.91 Å². The second kappa shape index (κ2) is 9.04. The second-order valence-corrected chi connectivity index (χ2v) is 6.80.